The molecule has 27 heavy (non-hydrogen) atoms. The van der Waals surface area contributed by atoms with Gasteiger partial charge in [-0.25, -0.2) is 4.68 Å². The zero-order valence-electron chi connectivity index (χ0n) is 15.8. The molecule has 2 aromatic rings. The van der Waals surface area contributed by atoms with Crippen molar-refractivity contribution in [1.29, 1.82) is 0 Å². The number of hydrogen-bond donors (Lipinski definition) is 2. The lowest BCUT2D eigenvalue weighted by atomic mass is 10.1. The van der Waals surface area contributed by atoms with Gasteiger partial charge in [0.2, 0.25) is 5.91 Å². The molecule has 1 aromatic heterocycles. The Morgan fingerprint density at radius 2 is 1.78 bits per heavy atom. The molecule has 0 bridgehead atoms. The predicted octanol–water partition coefficient (Wildman–Crippen LogP) is 0.876. The van der Waals surface area contributed by atoms with Crippen molar-refractivity contribution in [3.63, 3.8) is 0 Å². The van der Waals surface area contributed by atoms with Gasteiger partial charge in [-0.05, 0) is 31.7 Å². The Hall–Kier alpha value is -2.47. The SMILES string of the molecule is O=C(CCn1nc(-c2ccccc2)ccc1=O)NCC[NH+]1CCCCCC1. The van der Waals surface area contributed by atoms with E-state index < -0.39 is 0 Å². The monoisotopic (exact) mass is 369 g/mol. The van der Waals surface area contributed by atoms with Crippen molar-refractivity contribution in [3.05, 3.63) is 52.8 Å². The fourth-order valence-electron chi connectivity index (χ4n) is 3.53. The summed E-state index contributed by atoms with van der Waals surface area (Å²) in [6.45, 7) is 4.39. The first-order chi connectivity index (χ1) is 13.2. The molecule has 0 saturated carbocycles. The molecule has 0 aliphatic carbocycles. The number of carbonyl (C=O) groups excluding carboxylic acids is 1. The topological polar surface area (TPSA) is 68.4 Å². The molecule has 0 atom stereocenters. The lowest BCUT2D eigenvalue weighted by Crippen LogP contribution is -3.12. The van der Waals surface area contributed by atoms with Crippen LogP contribution < -0.4 is 15.8 Å². The second kappa shape index (κ2) is 10.0. The predicted molar refractivity (Wildman–Crippen MR) is 106 cm³/mol. The first-order valence-electron chi connectivity index (χ1n) is 9.96. The molecule has 0 radical (unpaired) electrons. The minimum Gasteiger partial charge on any atom is -0.350 e. The smallest absolute Gasteiger partial charge is 0.266 e. The summed E-state index contributed by atoms with van der Waals surface area (Å²) in [6.07, 6.45) is 5.50. The van der Waals surface area contributed by atoms with Crippen molar-refractivity contribution >= 4 is 5.91 Å². The number of benzene rings is 1. The fraction of sp³-hybridized carbons (Fsp3) is 0.476. The second-order valence-electron chi connectivity index (χ2n) is 7.16. The van der Waals surface area contributed by atoms with Crippen LogP contribution in [0.4, 0.5) is 0 Å². The number of rotatable bonds is 7. The van der Waals surface area contributed by atoms with E-state index in [4.69, 9.17) is 0 Å². The Morgan fingerprint density at radius 3 is 2.52 bits per heavy atom. The van der Waals surface area contributed by atoms with E-state index in [-0.39, 0.29) is 17.9 Å². The van der Waals surface area contributed by atoms with Gasteiger partial charge in [-0.3, -0.25) is 9.59 Å². The maximum Gasteiger partial charge on any atom is 0.266 e. The van der Waals surface area contributed by atoms with Gasteiger partial charge in [0.15, 0.2) is 0 Å². The lowest BCUT2D eigenvalue weighted by molar-refractivity contribution is -0.898. The number of aromatic nitrogens is 2. The van der Waals surface area contributed by atoms with Crippen LogP contribution in [0.5, 0.6) is 0 Å². The molecule has 6 heteroatoms. The van der Waals surface area contributed by atoms with Gasteiger partial charge >= 0.3 is 0 Å². The Balaban J connectivity index is 1.47. The van der Waals surface area contributed by atoms with Crippen LogP contribution in [0.3, 0.4) is 0 Å². The van der Waals surface area contributed by atoms with Crippen LogP contribution in [0.15, 0.2) is 47.3 Å². The minimum absolute atomic E-state index is 0.0250. The van der Waals surface area contributed by atoms with Gasteiger partial charge < -0.3 is 10.2 Å². The number of quaternary nitrogens is 1. The van der Waals surface area contributed by atoms with Crippen molar-refractivity contribution in [2.24, 2.45) is 0 Å². The average Bonchev–Trinajstić information content (AvgIpc) is 2.97. The van der Waals surface area contributed by atoms with Crippen LogP contribution >= 0.6 is 0 Å². The number of nitrogens with one attached hydrogen (secondary N) is 2. The summed E-state index contributed by atoms with van der Waals surface area (Å²) in [5, 5.41) is 7.38. The molecule has 1 fully saturated rings. The second-order valence-corrected chi connectivity index (χ2v) is 7.16. The number of likely N-dealkylation sites (tertiary alicyclic amines) is 1. The summed E-state index contributed by atoms with van der Waals surface area (Å²) in [6, 6.07) is 13.0. The maximum atomic E-state index is 12.1. The Labute approximate surface area is 160 Å². The summed E-state index contributed by atoms with van der Waals surface area (Å²) in [7, 11) is 0. The molecule has 2 heterocycles. The standard InChI is InChI=1S/C21H28N4O2/c26-20(22-13-17-24-14-6-1-2-7-15-24)12-16-25-21(27)11-10-19(23-25)18-8-4-3-5-9-18/h3-5,8-11H,1-2,6-7,12-17H2,(H,22,26)/p+1. The van der Waals surface area contributed by atoms with Gasteiger partial charge in [0.05, 0.1) is 38.4 Å². The van der Waals surface area contributed by atoms with Crippen molar-refractivity contribution in [1.82, 2.24) is 15.1 Å². The third kappa shape index (κ3) is 6.03. The molecule has 1 aromatic carbocycles. The van der Waals surface area contributed by atoms with E-state index in [0.29, 0.717) is 13.1 Å². The first kappa shape index (κ1) is 19.3. The van der Waals surface area contributed by atoms with Crippen LogP contribution in [0, 0.1) is 0 Å². The van der Waals surface area contributed by atoms with Gasteiger partial charge in [0.25, 0.3) is 5.56 Å². The van der Waals surface area contributed by atoms with Crippen LogP contribution in [-0.2, 0) is 11.3 Å². The van der Waals surface area contributed by atoms with Gasteiger partial charge in [-0.1, -0.05) is 30.3 Å². The van der Waals surface area contributed by atoms with E-state index in [1.54, 1.807) is 11.0 Å². The van der Waals surface area contributed by atoms with Gasteiger partial charge in [-0.2, -0.15) is 5.10 Å². The molecule has 6 nitrogen and oxygen atoms in total. The molecule has 2 N–H and O–H groups in total. The van der Waals surface area contributed by atoms with Gasteiger partial charge in [0, 0.05) is 18.1 Å². The zero-order valence-corrected chi connectivity index (χ0v) is 15.8. The molecule has 0 spiro atoms. The van der Waals surface area contributed by atoms with Crippen molar-refractivity contribution in [2.45, 2.75) is 38.6 Å². The highest BCUT2D eigenvalue weighted by Crippen LogP contribution is 2.13. The van der Waals surface area contributed by atoms with Crippen LogP contribution in [0.1, 0.15) is 32.1 Å². The Morgan fingerprint density at radius 1 is 1.04 bits per heavy atom. The third-order valence-electron chi connectivity index (χ3n) is 5.10. The van der Waals surface area contributed by atoms with Crippen LogP contribution in [0.25, 0.3) is 11.3 Å². The molecule has 0 unspecified atom stereocenters. The van der Waals surface area contributed by atoms with Gasteiger partial charge in [0.1, 0.15) is 0 Å². The zero-order chi connectivity index (χ0) is 18.9. The largest absolute Gasteiger partial charge is 0.350 e. The maximum absolute atomic E-state index is 12.1. The van der Waals surface area contributed by atoms with Crippen LogP contribution in [0.2, 0.25) is 0 Å². The van der Waals surface area contributed by atoms with E-state index >= 15 is 0 Å². The number of carbonyl (C=O) groups is 1. The molecular formula is C21H29N4O2+. The third-order valence-corrected chi connectivity index (χ3v) is 5.10. The quantitative estimate of drug-likeness (QED) is 0.761. The summed E-state index contributed by atoms with van der Waals surface area (Å²) >= 11 is 0. The highest BCUT2D eigenvalue weighted by atomic mass is 16.2. The molecule has 144 valence electrons. The summed E-state index contributed by atoms with van der Waals surface area (Å²) in [5.74, 6) is -0.0250. The van der Waals surface area contributed by atoms with Gasteiger partial charge in [-0.15, -0.1) is 0 Å². The van der Waals surface area contributed by atoms with E-state index in [1.165, 1.54) is 49.5 Å². The summed E-state index contributed by atoms with van der Waals surface area (Å²) in [5.41, 5.74) is 1.51. The van der Waals surface area contributed by atoms with Crippen molar-refractivity contribution in [2.75, 3.05) is 26.2 Å². The molecule has 1 amide bonds. The fourth-order valence-corrected chi connectivity index (χ4v) is 3.53. The van der Waals surface area contributed by atoms with E-state index in [2.05, 4.69) is 10.4 Å². The molecule has 1 aliphatic heterocycles. The Bertz CT molecular complexity index is 780. The number of hydrogen-bond acceptors (Lipinski definition) is 3. The molecular weight excluding hydrogens is 340 g/mol. The van der Waals surface area contributed by atoms with E-state index in [1.807, 2.05) is 30.3 Å². The lowest BCUT2D eigenvalue weighted by Gasteiger charge is -2.17. The molecule has 1 saturated heterocycles. The summed E-state index contributed by atoms with van der Waals surface area (Å²) in [4.78, 5) is 25.7. The normalized spacial score (nSPS) is 15.3. The summed E-state index contributed by atoms with van der Waals surface area (Å²) < 4.78 is 1.38. The Kier molecular flexibility index (Phi) is 7.16. The van der Waals surface area contributed by atoms with Crippen molar-refractivity contribution in [3.8, 4) is 11.3 Å². The van der Waals surface area contributed by atoms with Crippen molar-refractivity contribution < 1.29 is 9.69 Å². The number of nitrogens with zero attached hydrogens (tertiary/aromatic N) is 2. The molecule has 1 aliphatic rings. The number of amides is 1. The van der Waals surface area contributed by atoms with Crippen LogP contribution in [-0.4, -0.2) is 41.9 Å². The molecule has 3 rings (SSSR count). The average molecular weight is 369 g/mol. The first-order valence-corrected chi connectivity index (χ1v) is 9.96. The highest BCUT2D eigenvalue weighted by Gasteiger charge is 2.12. The van der Waals surface area contributed by atoms with E-state index in [9.17, 15) is 9.59 Å². The number of aryl methyl sites for hydroxylation is 1. The highest BCUT2D eigenvalue weighted by molar-refractivity contribution is 5.75. The van der Waals surface area contributed by atoms with E-state index in [0.717, 1.165) is 17.8 Å². The minimum atomic E-state index is -0.184.